The lowest BCUT2D eigenvalue weighted by Gasteiger charge is -2.09. The van der Waals surface area contributed by atoms with Gasteiger partial charge in [0.15, 0.2) is 22.5 Å². The highest BCUT2D eigenvalue weighted by Gasteiger charge is 2.20. The number of rotatable bonds is 5. The summed E-state index contributed by atoms with van der Waals surface area (Å²) in [7, 11) is 0. The molecule has 6 nitrogen and oxygen atoms in total. The van der Waals surface area contributed by atoms with Crippen molar-refractivity contribution >= 4 is 44.5 Å². The fourth-order valence-corrected chi connectivity index (χ4v) is 4.16. The number of nitrogens with two attached hydrogens (primary N) is 1. The van der Waals surface area contributed by atoms with Crippen molar-refractivity contribution in [2.24, 2.45) is 0 Å². The van der Waals surface area contributed by atoms with Gasteiger partial charge in [-0.25, -0.2) is 9.97 Å². The Hall–Kier alpha value is -2.19. The molecule has 1 aliphatic heterocycles. The minimum absolute atomic E-state index is 0.246. The van der Waals surface area contributed by atoms with Gasteiger partial charge in [-0.05, 0) is 40.5 Å². The molecule has 0 aliphatic carbocycles. The number of nitrogen functional groups attached to an aromatic ring is 1. The number of benzene rings is 1. The van der Waals surface area contributed by atoms with E-state index < -0.39 is 0 Å². The first-order valence-electron chi connectivity index (χ1n) is 7.66. The van der Waals surface area contributed by atoms with E-state index in [-0.39, 0.29) is 6.79 Å². The molecule has 2 N–H and O–H groups in total. The van der Waals surface area contributed by atoms with E-state index in [9.17, 15) is 0 Å². The Morgan fingerprint density at radius 3 is 2.96 bits per heavy atom. The van der Waals surface area contributed by atoms with Gasteiger partial charge in [-0.3, -0.25) is 0 Å². The lowest BCUT2D eigenvalue weighted by atomic mass is 10.3. The van der Waals surface area contributed by atoms with Crippen molar-refractivity contribution in [1.29, 1.82) is 0 Å². The van der Waals surface area contributed by atoms with E-state index in [0.29, 0.717) is 11.3 Å². The van der Waals surface area contributed by atoms with Crippen LogP contribution in [0.2, 0.25) is 0 Å². The zero-order valence-electron chi connectivity index (χ0n) is 13.2. The van der Waals surface area contributed by atoms with Gasteiger partial charge < -0.3 is 19.8 Å². The van der Waals surface area contributed by atoms with Gasteiger partial charge in [0.1, 0.15) is 5.52 Å². The quantitative estimate of drug-likeness (QED) is 0.624. The highest BCUT2D eigenvalue weighted by atomic mass is 79.9. The van der Waals surface area contributed by atoms with Crippen LogP contribution in [-0.4, -0.2) is 21.3 Å². The summed E-state index contributed by atoms with van der Waals surface area (Å²) in [5, 5.41) is 0.844. The Bertz CT molecular complexity index is 973. The van der Waals surface area contributed by atoms with Crippen LogP contribution in [0.5, 0.6) is 11.5 Å². The fourth-order valence-electron chi connectivity index (χ4n) is 2.64. The molecule has 0 spiro atoms. The van der Waals surface area contributed by atoms with E-state index in [1.54, 1.807) is 18.0 Å². The number of aryl methyl sites for hydroxylation is 1. The second-order valence-corrected chi connectivity index (χ2v) is 7.29. The van der Waals surface area contributed by atoms with Crippen molar-refractivity contribution in [2.45, 2.75) is 23.0 Å². The first-order chi connectivity index (χ1) is 12.2. The van der Waals surface area contributed by atoms with Crippen LogP contribution in [0.15, 0.2) is 51.6 Å². The molecule has 0 amide bonds. The third-order valence-corrected chi connectivity index (χ3v) is 5.82. The maximum absolute atomic E-state index is 6.00. The zero-order valence-corrected chi connectivity index (χ0v) is 15.6. The molecule has 8 heteroatoms. The molecule has 0 radical (unpaired) electrons. The monoisotopic (exact) mass is 418 g/mol. The minimum Gasteiger partial charge on any atom is -0.454 e. The molecule has 128 valence electrons. The van der Waals surface area contributed by atoms with Crippen molar-refractivity contribution in [2.75, 3.05) is 12.5 Å². The van der Waals surface area contributed by atoms with Crippen LogP contribution < -0.4 is 15.2 Å². The molecule has 1 aliphatic rings. The highest BCUT2D eigenvalue weighted by molar-refractivity contribution is 9.10. The molecule has 0 bridgehead atoms. The Labute approximate surface area is 157 Å². The van der Waals surface area contributed by atoms with Gasteiger partial charge in [-0.1, -0.05) is 17.8 Å². The number of ether oxygens (including phenoxy) is 2. The van der Waals surface area contributed by atoms with Crippen LogP contribution in [0, 0.1) is 0 Å². The molecule has 0 saturated heterocycles. The standard InChI is InChI=1S/C17H15BrN4O2S/c1-2-3-6-22-11-4-5-20-16(19)15(11)21-17(22)25-14-8-13-12(7-10(14)18)23-9-24-13/h2,4-5,7-8H,1,3,6,9H2,(H2,19,20). The first kappa shape index (κ1) is 16.3. The van der Waals surface area contributed by atoms with Crippen LogP contribution in [0.1, 0.15) is 6.42 Å². The average molecular weight is 419 g/mol. The fraction of sp³-hybridized carbons (Fsp3) is 0.176. The average Bonchev–Trinajstić information content (AvgIpc) is 3.18. The van der Waals surface area contributed by atoms with Gasteiger partial charge in [-0.2, -0.15) is 0 Å². The summed E-state index contributed by atoms with van der Waals surface area (Å²) in [4.78, 5) is 9.84. The maximum Gasteiger partial charge on any atom is 0.231 e. The van der Waals surface area contributed by atoms with Crippen molar-refractivity contribution in [3.05, 3.63) is 41.5 Å². The second kappa shape index (κ2) is 6.61. The van der Waals surface area contributed by atoms with Gasteiger partial charge in [0.2, 0.25) is 6.79 Å². The molecule has 0 unspecified atom stereocenters. The summed E-state index contributed by atoms with van der Waals surface area (Å²) < 4.78 is 13.9. The largest absolute Gasteiger partial charge is 0.454 e. The molecule has 0 fully saturated rings. The van der Waals surface area contributed by atoms with Gasteiger partial charge in [0.05, 0.1) is 5.52 Å². The van der Waals surface area contributed by atoms with Gasteiger partial charge in [0.25, 0.3) is 0 Å². The third kappa shape index (κ3) is 2.96. The Balaban J connectivity index is 1.78. The number of allylic oxidation sites excluding steroid dienone is 1. The summed E-state index contributed by atoms with van der Waals surface area (Å²) in [5.74, 6) is 1.91. The van der Waals surface area contributed by atoms with Crippen molar-refractivity contribution in [3.63, 3.8) is 0 Å². The molecule has 4 rings (SSSR count). The van der Waals surface area contributed by atoms with Gasteiger partial charge in [-0.15, -0.1) is 6.58 Å². The summed E-state index contributed by atoms with van der Waals surface area (Å²) in [6, 6.07) is 5.80. The zero-order chi connectivity index (χ0) is 17.4. The minimum atomic E-state index is 0.246. The third-order valence-electron chi connectivity index (χ3n) is 3.85. The van der Waals surface area contributed by atoms with E-state index in [0.717, 1.165) is 44.5 Å². The molecule has 3 heterocycles. The SMILES string of the molecule is C=CCCn1c(Sc2cc3c(cc2Br)OCO3)nc2c(N)nccc21. The number of anilines is 1. The van der Waals surface area contributed by atoms with Crippen LogP contribution >= 0.6 is 27.7 Å². The van der Waals surface area contributed by atoms with Gasteiger partial charge in [0, 0.05) is 22.1 Å². The predicted molar refractivity (Wildman–Crippen MR) is 101 cm³/mol. The van der Waals surface area contributed by atoms with E-state index in [4.69, 9.17) is 20.2 Å². The molecule has 0 atom stereocenters. The number of fused-ring (bicyclic) bond motifs is 2. The summed E-state index contributed by atoms with van der Waals surface area (Å²) in [6.45, 7) is 4.83. The first-order valence-corrected chi connectivity index (χ1v) is 9.27. The molecule has 1 aromatic carbocycles. The van der Waals surface area contributed by atoms with Crippen LogP contribution in [0.3, 0.4) is 0 Å². The van der Waals surface area contributed by atoms with Crippen molar-refractivity contribution < 1.29 is 9.47 Å². The summed E-state index contributed by atoms with van der Waals surface area (Å²) >= 11 is 5.14. The maximum atomic E-state index is 6.00. The lowest BCUT2D eigenvalue weighted by molar-refractivity contribution is 0.174. The van der Waals surface area contributed by atoms with Crippen LogP contribution in [0.4, 0.5) is 5.82 Å². The Morgan fingerprint density at radius 2 is 2.16 bits per heavy atom. The smallest absolute Gasteiger partial charge is 0.231 e. The predicted octanol–water partition coefficient (Wildman–Crippen LogP) is 4.23. The van der Waals surface area contributed by atoms with Crippen molar-refractivity contribution in [1.82, 2.24) is 14.5 Å². The number of halogens is 1. The molecule has 2 aromatic heterocycles. The van der Waals surface area contributed by atoms with Crippen molar-refractivity contribution in [3.8, 4) is 11.5 Å². The number of hydrogen-bond donors (Lipinski definition) is 1. The van der Waals surface area contributed by atoms with E-state index in [1.165, 1.54) is 0 Å². The molecular formula is C17H15BrN4O2S. The number of aromatic nitrogens is 3. The summed E-state index contributed by atoms with van der Waals surface area (Å²) in [6.07, 6.45) is 4.43. The summed E-state index contributed by atoms with van der Waals surface area (Å²) in [5.41, 5.74) is 7.68. The second-order valence-electron chi connectivity index (χ2n) is 5.43. The van der Waals surface area contributed by atoms with Gasteiger partial charge >= 0.3 is 0 Å². The number of nitrogens with zero attached hydrogens (tertiary/aromatic N) is 3. The Morgan fingerprint density at radius 1 is 1.36 bits per heavy atom. The highest BCUT2D eigenvalue weighted by Crippen LogP contribution is 2.43. The Kier molecular flexibility index (Phi) is 4.30. The normalized spacial score (nSPS) is 12.7. The topological polar surface area (TPSA) is 75.2 Å². The van der Waals surface area contributed by atoms with E-state index in [1.807, 2.05) is 24.3 Å². The lowest BCUT2D eigenvalue weighted by Crippen LogP contribution is -1.99. The number of pyridine rings is 1. The number of hydrogen-bond acceptors (Lipinski definition) is 6. The van der Waals surface area contributed by atoms with E-state index >= 15 is 0 Å². The molecule has 0 saturated carbocycles. The van der Waals surface area contributed by atoms with Crippen LogP contribution in [0.25, 0.3) is 11.0 Å². The van der Waals surface area contributed by atoms with Crippen LogP contribution in [-0.2, 0) is 6.54 Å². The molecular weight excluding hydrogens is 404 g/mol. The molecule has 25 heavy (non-hydrogen) atoms. The van der Waals surface area contributed by atoms with E-state index in [2.05, 4.69) is 32.1 Å². The molecule has 3 aromatic rings. The number of imidazole rings is 1.